The van der Waals surface area contributed by atoms with Crippen molar-refractivity contribution in [3.63, 3.8) is 0 Å². The summed E-state index contributed by atoms with van der Waals surface area (Å²) in [7, 11) is 1.59. The molecule has 0 fully saturated rings. The second-order valence-electron chi connectivity index (χ2n) is 5.97. The average molecular weight is 392 g/mol. The Morgan fingerprint density at radius 2 is 1.97 bits per heavy atom. The van der Waals surface area contributed by atoms with Gasteiger partial charge in [0, 0.05) is 11.8 Å². The van der Waals surface area contributed by atoms with Crippen molar-refractivity contribution in [2.24, 2.45) is 0 Å². The van der Waals surface area contributed by atoms with Gasteiger partial charge < -0.3 is 13.9 Å². The van der Waals surface area contributed by atoms with Crippen molar-refractivity contribution in [2.75, 3.05) is 7.11 Å². The quantitative estimate of drug-likeness (QED) is 0.456. The maximum atomic E-state index is 12.4. The van der Waals surface area contributed by atoms with E-state index in [2.05, 4.69) is 25.3 Å². The summed E-state index contributed by atoms with van der Waals surface area (Å²) in [4.78, 5) is 20.4. The highest BCUT2D eigenvalue weighted by Gasteiger charge is 2.20. The van der Waals surface area contributed by atoms with Gasteiger partial charge in [-0.1, -0.05) is 0 Å². The Morgan fingerprint density at radius 1 is 1.14 bits per heavy atom. The SMILES string of the molecule is COc1ccc(-c2nnc([C@@H](C)OC(=O)c3ccc(-n4cncn4)nc3)o2)cc1. The van der Waals surface area contributed by atoms with Crippen LogP contribution in [0.5, 0.6) is 5.75 Å². The van der Waals surface area contributed by atoms with Gasteiger partial charge >= 0.3 is 5.97 Å². The molecule has 4 aromatic rings. The molecule has 0 N–H and O–H groups in total. The van der Waals surface area contributed by atoms with E-state index in [1.165, 1.54) is 23.5 Å². The van der Waals surface area contributed by atoms with Crippen LogP contribution < -0.4 is 4.74 Å². The first-order chi connectivity index (χ1) is 14.1. The molecule has 1 atom stereocenters. The van der Waals surface area contributed by atoms with Crippen LogP contribution >= 0.6 is 0 Å². The molecule has 0 aliphatic heterocycles. The van der Waals surface area contributed by atoms with Crippen LogP contribution in [0.25, 0.3) is 17.3 Å². The fourth-order valence-corrected chi connectivity index (χ4v) is 2.50. The third-order valence-electron chi connectivity index (χ3n) is 4.05. The van der Waals surface area contributed by atoms with E-state index in [1.54, 1.807) is 50.4 Å². The lowest BCUT2D eigenvalue weighted by molar-refractivity contribution is 0.0279. The Balaban J connectivity index is 1.43. The summed E-state index contributed by atoms with van der Waals surface area (Å²) in [5.74, 6) is 1.22. The molecule has 10 nitrogen and oxygen atoms in total. The molecule has 0 spiro atoms. The van der Waals surface area contributed by atoms with Gasteiger partial charge in [0.1, 0.15) is 18.4 Å². The molecule has 0 aliphatic rings. The summed E-state index contributed by atoms with van der Waals surface area (Å²) < 4.78 is 17.7. The summed E-state index contributed by atoms with van der Waals surface area (Å²) in [6.45, 7) is 1.65. The lowest BCUT2D eigenvalue weighted by Gasteiger charge is -2.09. The molecule has 0 saturated heterocycles. The second-order valence-corrected chi connectivity index (χ2v) is 5.97. The van der Waals surface area contributed by atoms with Gasteiger partial charge in [0.15, 0.2) is 11.9 Å². The predicted octanol–water partition coefficient (Wildman–Crippen LogP) is 2.64. The van der Waals surface area contributed by atoms with Gasteiger partial charge in [-0.25, -0.2) is 19.4 Å². The lowest BCUT2D eigenvalue weighted by Crippen LogP contribution is -2.10. The van der Waals surface area contributed by atoms with Crippen molar-refractivity contribution < 1.29 is 18.7 Å². The van der Waals surface area contributed by atoms with E-state index in [0.717, 1.165) is 11.3 Å². The molecule has 0 radical (unpaired) electrons. The van der Waals surface area contributed by atoms with E-state index in [4.69, 9.17) is 13.9 Å². The third-order valence-corrected chi connectivity index (χ3v) is 4.05. The molecule has 3 aromatic heterocycles. The van der Waals surface area contributed by atoms with Crippen LogP contribution in [0.15, 0.2) is 59.7 Å². The van der Waals surface area contributed by atoms with Crippen LogP contribution in [-0.2, 0) is 4.74 Å². The number of nitrogens with zero attached hydrogens (tertiary/aromatic N) is 6. The fourth-order valence-electron chi connectivity index (χ4n) is 2.50. The predicted molar refractivity (Wildman–Crippen MR) is 99.3 cm³/mol. The zero-order valence-corrected chi connectivity index (χ0v) is 15.6. The Labute approximate surface area is 165 Å². The number of rotatable bonds is 6. The number of carbonyl (C=O) groups excluding carboxylic acids is 1. The van der Waals surface area contributed by atoms with Crippen LogP contribution in [0.2, 0.25) is 0 Å². The third kappa shape index (κ3) is 3.95. The number of benzene rings is 1. The largest absolute Gasteiger partial charge is 0.497 e. The van der Waals surface area contributed by atoms with Crippen molar-refractivity contribution in [1.29, 1.82) is 0 Å². The second kappa shape index (κ2) is 7.89. The van der Waals surface area contributed by atoms with Crippen LogP contribution in [0, 0.1) is 0 Å². The van der Waals surface area contributed by atoms with Crippen LogP contribution in [0.3, 0.4) is 0 Å². The van der Waals surface area contributed by atoms with Crippen LogP contribution in [0.1, 0.15) is 29.3 Å². The minimum Gasteiger partial charge on any atom is -0.497 e. The number of ether oxygens (including phenoxy) is 2. The first-order valence-corrected chi connectivity index (χ1v) is 8.64. The molecule has 0 aliphatic carbocycles. The Hall–Kier alpha value is -4.08. The van der Waals surface area contributed by atoms with Gasteiger partial charge in [-0.05, 0) is 43.3 Å². The number of aromatic nitrogens is 6. The van der Waals surface area contributed by atoms with E-state index in [0.29, 0.717) is 11.7 Å². The summed E-state index contributed by atoms with van der Waals surface area (Å²) in [6, 6.07) is 10.4. The summed E-state index contributed by atoms with van der Waals surface area (Å²) in [5, 5.41) is 12.0. The maximum absolute atomic E-state index is 12.4. The van der Waals surface area contributed by atoms with E-state index in [9.17, 15) is 4.79 Å². The van der Waals surface area contributed by atoms with Gasteiger partial charge in [0.05, 0.1) is 12.7 Å². The fraction of sp³-hybridized carbons (Fsp3) is 0.158. The van der Waals surface area contributed by atoms with E-state index in [1.807, 2.05) is 0 Å². The van der Waals surface area contributed by atoms with Crippen molar-refractivity contribution in [3.8, 4) is 23.0 Å². The molecule has 4 rings (SSSR count). The van der Waals surface area contributed by atoms with Gasteiger partial charge in [-0.2, -0.15) is 5.10 Å². The molecule has 0 unspecified atom stereocenters. The molecule has 1 aromatic carbocycles. The standard InChI is InChI=1S/C19H16N6O4/c1-12(17-23-24-18(29-17)13-3-6-15(27-2)7-4-13)28-19(26)14-5-8-16(21-9-14)25-11-20-10-22-25/h3-12H,1-2H3/t12-/m1/s1. The van der Waals surface area contributed by atoms with Gasteiger partial charge in [-0.15, -0.1) is 10.2 Å². The molecule has 0 saturated carbocycles. The number of pyridine rings is 1. The molecule has 146 valence electrons. The minimum atomic E-state index is -0.725. The Morgan fingerprint density at radius 3 is 2.62 bits per heavy atom. The zero-order chi connectivity index (χ0) is 20.2. The summed E-state index contributed by atoms with van der Waals surface area (Å²) in [5.41, 5.74) is 1.02. The van der Waals surface area contributed by atoms with Crippen molar-refractivity contribution in [2.45, 2.75) is 13.0 Å². The Kier molecular flexibility index (Phi) is 4.97. The van der Waals surface area contributed by atoms with Crippen molar-refractivity contribution in [3.05, 3.63) is 66.7 Å². The topological polar surface area (TPSA) is 118 Å². The molecular weight excluding hydrogens is 376 g/mol. The molecule has 0 amide bonds. The summed E-state index contributed by atoms with van der Waals surface area (Å²) >= 11 is 0. The first kappa shape index (κ1) is 18.3. The van der Waals surface area contributed by atoms with Gasteiger partial charge in [-0.3, -0.25) is 0 Å². The molecule has 10 heteroatoms. The maximum Gasteiger partial charge on any atom is 0.340 e. The monoisotopic (exact) mass is 392 g/mol. The first-order valence-electron chi connectivity index (χ1n) is 8.64. The minimum absolute atomic E-state index is 0.191. The normalized spacial score (nSPS) is 11.8. The highest BCUT2D eigenvalue weighted by Crippen LogP contribution is 2.24. The number of esters is 1. The van der Waals surface area contributed by atoms with E-state index < -0.39 is 12.1 Å². The highest BCUT2D eigenvalue weighted by atomic mass is 16.6. The Bertz CT molecular complexity index is 1090. The molecule has 0 bridgehead atoms. The van der Waals surface area contributed by atoms with E-state index >= 15 is 0 Å². The number of hydrogen-bond donors (Lipinski definition) is 0. The average Bonchev–Trinajstić information content (AvgIpc) is 3.46. The summed E-state index contributed by atoms with van der Waals surface area (Å²) in [6.07, 6.45) is 3.59. The van der Waals surface area contributed by atoms with Crippen LogP contribution in [-0.4, -0.2) is 43.0 Å². The molecule has 29 heavy (non-hydrogen) atoms. The zero-order valence-electron chi connectivity index (χ0n) is 15.6. The van der Waals surface area contributed by atoms with Crippen LogP contribution in [0.4, 0.5) is 0 Å². The van der Waals surface area contributed by atoms with Crippen molar-refractivity contribution in [1.82, 2.24) is 29.9 Å². The van der Waals surface area contributed by atoms with Crippen molar-refractivity contribution >= 4 is 5.97 Å². The molecular formula is C19H16N6O4. The van der Waals surface area contributed by atoms with Gasteiger partial charge in [0.2, 0.25) is 5.89 Å². The number of methoxy groups -OCH3 is 1. The molecule has 3 heterocycles. The van der Waals surface area contributed by atoms with Gasteiger partial charge in [0.25, 0.3) is 5.89 Å². The smallest absolute Gasteiger partial charge is 0.340 e. The lowest BCUT2D eigenvalue weighted by atomic mass is 10.2. The highest BCUT2D eigenvalue weighted by molar-refractivity contribution is 5.89. The van der Waals surface area contributed by atoms with E-state index in [-0.39, 0.29) is 11.5 Å². The number of carbonyl (C=O) groups is 1. The number of hydrogen-bond acceptors (Lipinski definition) is 9.